The molecule has 0 spiro atoms. The molecule has 0 amide bonds. The second-order valence-corrected chi connectivity index (χ2v) is 8.09. The Bertz CT molecular complexity index is 901. The van der Waals surface area contributed by atoms with E-state index in [4.69, 9.17) is 0 Å². The molecule has 0 saturated carbocycles. The molecule has 8 nitrogen and oxygen atoms in total. The fourth-order valence-corrected chi connectivity index (χ4v) is 3.53. The van der Waals surface area contributed by atoms with Gasteiger partial charge in [0, 0.05) is 68.2 Å². The molecule has 3 rings (SSSR count). The average molecular weight is 429 g/mol. The molecule has 2 N–H and O–H groups in total. The summed E-state index contributed by atoms with van der Waals surface area (Å²) < 4.78 is 6.55. The summed E-state index contributed by atoms with van der Waals surface area (Å²) in [5.74, 6) is 1.24. The number of aromatic nitrogens is 3. The minimum atomic E-state index is 0.544. The van der Waals surface area contributed by atoms with E-state index in [1.165, 1.54) is 37.0 Å². The molecule has 0 aliphatic carbocycles. The highest BCUT2D eigenvalue weighted by molar-refractivity contribution is 8.02. The van der Waals surface area contributed by atoms with E-state index in [-0.39, 0.29) is 0 Å². The lowest BCUT2D eigenvalue weighted by Gasteiger charge is -2.29. The summed E-state index contributed by atoms with van der Waals surface area (Å²) in [5, 5.41) is 7.64. The Morgan fingerprint density at radius 3 is 2.63 bits per heavy atom. The fraction of sp³-hybridized carbons (Fsp3) is 0.429. The summed E-state index contributed by atoms with van der Waals surface area (Å²) in [7, 11) is 3.92. The molecule has 0 bridgehead atoms. The maximum absolute atomic E-state index is 4.64. The minimum Gasteiger partial charge on any atom is -0.331 e. The van der Waals surface area contributed by atoms with Crippen LogP contribution in [0.1, 0.15) is 26.7 Å². The van der Waals surface area contributed by atoms with Gasteiger partial charge >= 0.3 is 0 Å². The van der Waals surface area contributed by atoms with E-state index in [9.17, 15) is 0 Å². The Labute approximate surface area is 183 Å². The van der Waals surface area contributed by atoms with Crippen molar-refractivity contribution in [1.82, 2.24) is 24.7 Å². The van der Waals surface area contributed by atoms with Gasteiger partial charge in [-0.05, 0) is 45.9 Å². The zero-order chi connectivity index (χ0) is 21.9. The van der Waals surface area contributed by atoms with Gasteiger partial charge in [0.05, 0.1) is 5.03 Å². The van der Waals surface area contributed by atoms with Gasteiger partial charge in [0.1, 0.15) is 0 Å². The number of hydrazone groups is 1. The Morgan fingerprint density at radius 1 is 1.27 bits per heavy atom. The quantitative estimate of drug-likeness (QED) is 0.396. The van der Waals surface area contributed by atoms with E-state index in [2.05, 4.69) is 62.2 Å². The van der Waals surface area contributed by atoms with Crippen LogP contribution in [-0.2, 0) is 0 Å². The molecular weight excluding hydrogens is 396 g/mol. The molecule has 30 heavy (non-hydrogen) atoms. The fourth-order valence-electron chi connectivity index (χ4n) is 2.98. The molecule has 1 unspecified atom stereocenters. The Hall–Kier alpha value is -2.65. The first-order chi connectivity index (χ1) is 14.4. The molecule has 1 atom stereocenters. The molecule has 162 valence electrons. The summed E-state index contributed by atoms with van der Waals surface area (Å²) >= 11 is 1.37. The lowest BCUT2D eigenvalue weighted by molar-refractivity contribution is 0.246. The summed E-state index contributed by atoms with van der Waals surface area (Å²) in [4.78, 5) is 11.0. The van der Waals surface area contributed by atoms with E-state index in [0.29, 0.717) is 11.7 Å². The van der Waals surface area contributed by atoms with E-state index in [1.807, 2.05) is 23.7 Å². The Morgan fingerprint density at radius 2 is 2.00 bits per heavy atom. The topological polar surface area (TPSA) is 82.2 Å². The second kappa shape index (κ2) is 12.1. The zero-order valence-corrected chi connectivity index (χ0v) is 19.1. The number of fused-ring (bicyclic) bond motifs is 1. The lowest BCUT2D eigenvalue weighted by Crippen LogP contribution is -2.35. The summed E-state index contributed by atoms with van der Waals surface area (Å²) in [6, 6.07) is 0. The van der Waals surface area contributed by atoms with Crippen molar-refractivity contribution in [3.8, 4) is 0 Å². The third kappa shape index (κ3) is 7.64. The van der Waals surface area contributed by atoms with E-state index in [1.54, 1.807) is 25.7 Å². The van der Waals surface area contributed by atoms with Crippen LogP contribution in [0.4, 0.5) is 5.82 Å². The van der Waals surface area contributed by atoms with Crippen molar-refractivity contribution in [2.75, 3.05) is 32.5 Å². The van der Waals surface area contributed by atoms with Crippen LogP contribution < -0.4 is 10.7 Å². The van der Waals surface area contributed by atoms with E-state index >= 15 is 0 Å². The molecule has 1 aliphatic rings. The summed E-state index contributed by atoms with van der Waals surface area (Å²) in [5.41, 5.74) is 5.52. The van der Waals surface area contributed by atoms with Gasteiger partial charge in [-0.25, -0.2) is 14.4 Å². The largest absolute Gasteiger partial charge is 0.331 e. The third-order valence-corrected chi connectivity index (χ3v) is 5.20. The summed E-state index contributed by atoms with van der Waals surface area (Å²) in [6.07, 6.45) is 11.4. The number of hydrogen-bond acceptors (Lipinski definition) is 8. The Balaban J connectivity index is 0.000000396. The van der Waals surface area contributed by atoms with Gasteiger partial charge in [-0.15, -0.1) is 0 Å². The number of hydrogen-bond donors (Lipinski definition) is 2. The van der Waals surface area contributed by atoms with Gasteiger partial charge < -0.3 is 20.0 Å². The zero-order valence-electron chi connectivity index (χ0n) is 18.3. The predicted molar refractivity (Wildman–Crippen MR) is 129 cm³/mol. The Kier molecular flexibility index (Phi) is 9.56. The van der Waals surface area contributed by atoms with Crippen molar-refractivity contribution >= 4 is 35.3 Å². The van der Waals surface area contributed by atoms with Gasteiger partial charge in [0.25, 0.3) is 0 Å². The molecule has 2 aromatic heterocycles. The van der Waals surface area contributed by atoms with Crippen LogP contribution in [-0.4, -0.2) is 58.4 Å². The van der Waals surface area contributed by atoms with Gasteiger partial charge in [0.2, 0.25) is 0 Å². The first-order valence-corrected chi connectivity index (χ1v) is 10.7. The molecule has 9 heteroatoms. The van der Waals surface area contributed by atoms with Gasteiger partial charge in [-0.1, -0.05) is 13.2 Å². The maximum atomic E-state index is 4.64. The standard InChI is InChI=1S/C16H22N6S.C5H10N2/c1-12(14-5-4-8-21(3)11-14)20-23-13(2)19-15-16-18-7-10-22(16)9-6-17-15;1-5(2)4-7-6-3/h6-7,9-10,14H,2,4-5,8,11H2,1,3H3,(H,17,19);4,6H,1H2,2-3H3/b20-12+;7-4-. The number of allylic oxidation sites excluding steroid dienone is 1. The molecule has 1 aliphatic heterocycles. The molecule has 3 heterocycles. The number of piperidine rings is 1. The molecule has 1 fully saturated rings. The first kappa shape index (κ1) is 23.6. The maximum Gasteiger partial charge on any atom is 0.180 e. The highest BCUT2D eigenvalue weighted by atomic mass is 32.2. The van der Waals surface area contributed by atoms with Crippen molar-refractivity contribution in [2.24, 2.45) is 15.4 Å². The SMILES string of the molecule is C=C(C)/C=N\NC.C=C(Nc1nccn2ccnc12)S/N=C(\C)C1CCCN(C)C1. The van der Waals surface area contributed by atoms with Gasteiger partial charge in [-0.2, -0.15) is 5.10 Å². The van der Waals surface area contributed by atoms with E-state index < -0.39 is 0 Å². The first-order valence-electron chi connectivity index (χ1n) is 9.89. The molecule has 2 aromatic rings. The van der Waals surface area contributed by atoms with Gasteiger partial charge in [-0.3, -0.25) is 0 Å². The molecule has 0 aromatic carbocycles. The van der Waals surface area contributed by atoms with E-state index in [0.717, 1.165) is 22.8 Å². The predicted octanol–water partition coefficient (Wildman–Crippen LogP) is 3.83. The number of nitrogens with zero attached hydrogens (tertiary/aromatic N) is 6. The van der Waals surface area contributed by atoms with Crippen molar-refractivity contribution in [1.29, 1.82) is 0 Å². The number of nitrogens with one attached hydrogen (secondary N) is 2. The lowest BCUT2D eigenvalue weighted by atomic mass is 9.94. The molecular formula is C21H32N8S. The molecule has 0 radical (unpaired) electrons. The van der Waals surface area contributed by atoms with Crippen molar-refractivity contribution < 1.29 is 0 Å². The third-order valence-electron chi connectivity index (χ3n) is 4.50. The highest BCUT2D eigenvalue weighted by Gasteiger charge is 2.19. The van der Waals surface area contributed by atoms with Gasteiger partial charge in [0.15, 0.2) is 11.5 Å². The van der Waals surface area contributed by atoms with Crippen LogP contribution in [0.2, 0.25) is 0 Å². The summed E-state index contributed by atoms with van der Waals surface area (Å²) in [6.45, 7) is 13.9. The highest BCUT2D eigenvalue weighted by Crippen LogP contribution is 2.23. The monoisotopic (exact) mass is 428 g/mol. The van der Waals surface area contributed by atoms with Crippen LogP contribution >= 0.6 is 11.9 Å². The van der Waals surface area contributed by atoms with Crippen molar-refractivity contribution in [3.63, 3.8) is 0 Å². The normalized spacial score (nSPS) is 17.5. The molecule has 1 saturated heterocycles. The van der Waals surface area contributed by atoms with Crippen LogP contribution in [0.3, 0.4) is 0 Å². The number of rotatable bonds is 7. The smallest absolute Gasteiger partial charge is 0.180 e. The van der Waals surface area contributed by atoms with Crippen molar-refractivity contribution in [2.45, 2.75) is 26.7 Å². The van der Waals surface area contributed by atoms with Crippen LogP contribution in [0.5, 0.6) is 0 Å². The van der Waals surface area contributed by atoms with Crippen LogP contribution in [0.25, 0.3) is 5.65 Å². The average Bonchev–Trinajstić information content (AvgIpc) is 3.21. The number of imidazole rings is 1. The second-order valence-electron chi connectivity index (χ2n) is 7.24. The minimum absolute atomic E-state index is 0.544. The number of likely N-dealkylation sites (tertiary alicyclic amines) is 1. The van der Waals surface area contributed by atoms with Crippen LogP contribution in [0.15, 0.2) is 58.0 Å². The van der Waals surface area contributed by atoms with Crippen molar-refractivity contribution in [3.05, 3.63) is 48.5 Å². The number of anilines is 1. The van der Waals surface area contributed by atoms with Crippen LogP contribution in [0, 0.1) is 5.92 Å².